The number of aryl methyl sites for hydroxylation is 1. The molecule has 1 heterocycles. The molecule has 9 heteroatoms. The van der Waals surface area contributed by atoms with Crippen molar-refractivity contribution in [1.29, 1.82) is 0 Å². The number of alkyl halides is 3. The summed E-state index contributed by atoms with van der Waals surface area (Å²) in [5, 5.41) is 12.5. The van der Waals surface area contributed by atoms with Crippen LogP contribution in [0, 0.1) is 0 Å². The third kappa shape index (κ3) is 4.11. The van der Waals surface area contributed by atoms with Crippen LogP contribution in [0.5, 0.6) is 5.75 Å². The van der Waals surface area contributed by atoms with Gasteiger partial charge >= 0.3 is 6.18 Å². The minimum Gasteiger partial charge on any atom is -0.497 e. The molecule has 2 rings (SSSR count). The molecular formula is C16H18F3N3O3. The number of halogens is 3. The van der Waals surface area contributed by atoms with Gasteiger partial charge in [-0.05, 0) is 17.7 Å². The van der Waals surface area contributed by atoms with E-state index in [4.69, 9.17) is 4.74 Å². The van der Waals surface area contributed by atoms with Crippen molar-refractivity contribution in [3.8, 4) is 5.75 Å². The number of imidazole rings is 1. The minimum atomic E-state index is -5.05. The van der Waals surface area contributed by atoms with Gasteiger partial charge in [0.2, 0.25) is 11.5 Å². The SMILES string of the molecule is COc1ccc(CNC(=O)CC(O)(c2nccn2C)C(F)(F)F)cc1. The predicted molar refractivity (Wildman–Crippen MR) is 82.6 cm³/mol. The molecule has 2 N–H and O–H groups in total. The lowest BCUT2D eigenvalue weighted by Crippen LogP contribution is -2.47. The quantitative estimate of drug-likeness (QED) is 0.828. The highest BCUT2D eigenvalue weighted by Gasteiger charge is 2.58. The molecule has 0 aliphatic heterocycles. The predicted octanol–water partition coefficient (Wildman–Crippen LogP) is 1.89. The van der Waals surface area contributed by atoms with E-state index in [1.54, 1.807) is 24.3 Å². The normalized spacial score (nSPS) is 14.0. The number of nitrogens with zero attached hydrogens (tertiary/aromatic N) is 2. The van der Waals surface area contributed by atoms with Gasteiger partial charge in [0.05, 0.1) is 13.5 Å². The number of nitrogens with one attached hydrogen (secondary N) is 1. The summed E-state index contributed by atoms with van der Waals surface area (Å²) in [6.45, 7) is 0.0251. The maximum absolute atomic E-state index is 13.4. The van der Waals surface area contributed by atoms with E-state index in [0.717, 1.165) is 10.8 Å². The smallest absolute Gasteiger partial charge is 0.425 e. The molecule has 0 spiro atoms. The van der Waals surface area contributed by atoms with Gasteiger partial charge in [-0.25, -0.2) is 4.98 Å². The number of hydrogen-bond acceptors (Lipinski definition) is 4. The molecule has 136 valence electrons. The lowest BCUT2D eigenvalue weighted by atomic mass is 9.97. The summed E-state index contributed by atoms with van der Waals surface area (Å²) in [4.78, 5) is 15.5. The molecule has 1 amide bonds. The Morgan fingerprint density at radius 2 is 1.96 bits per heavy atom. The Balaban J connectivity index is 2.08. The van der Waals surface area contributed by atoms with Crippen molar-refractivity contribution in [2.45, 2.75) is 24.7 Å². The van der Waals surface area contributed by atoms with E-state index in [1.165, 1.54) is 20.4 Å². The van der Waals surface area contributed by atoms with Crippen LogP contribution >= 0.6 is 0 Å². The Morgan fingerprint density at radius 3 is 2.44 bits per heavy atom. The lowest BCUT2D eigenvalue weighted by Gasteiger charge is -2.29. The van der Waals surface area contributed by atoms with Gasteiger partial charge in [0.1, 0.15) is 5.75 Å². The molecule has 0 saturated carbocycles. The summed E-state index contributed by atoms with van der Waals surface area (Å²) in [5.41, 5.74) is -2.68. The van der Waals surface area contributed by atoms with Crippen molar-refractivity contribution in [2.24, 2.45) is 7.05 Å². The number of amides is 1. The third-order valence-corrected chi connectivity index (χ3v) is 3.73. The first-order chi connectivity index (χ1) is 11.7. The zero-order chi connectivity index (χ0) is 18.7. The second kappa shape index (κ2) is 7.14. The number of aliphatic hydroxyl groups is 1. The van der Waals surface area contributed by atoms with Crippen molar-refractivity contribution >= 4 is 5.91 Å². The van der Waals surface area contributed by atoms with Crippen LogP contribution < -0.4 is 10.1 Å². The van der Waals surface area contributed by atoms with E-state index >= 15 is 0 Å². The largest absolute Gasteiger partial charge is 0.497 e. The van der Waals surface area contributed by atoms with Gasteiger partial charge in [0, 0.05) is 26.0 Å². The number of carbonyl (C=O) groups excluding carboxylic acids is 1. The number of ether oxygens (including phenoxy) is 1. The molecule has 0 bridgehead atoms. The highest BCUT2D eigenvalue weighted by molar-refractivity contribution is 5.77. The van der Waals surface area contributed by atoms with E-state index in [-0.39, 0.29) is 6.54 Å². The van der Waals surface area contributed by atoms with Crippen molar-refractivity contribution in [3.05, 3.63) is 48.0 Å². The fraction of sp³-hybridized carbons (Fsp3) is 0.375. The van der Waals surface area contributed by atoms with Crippen LogP contribution in [-0.2, 0) is 24.0 Å². The van der Waals surface area contributed by atoms with Crippen LogP contribution in [0.15, 0.2) is 36.7 Å². The summed E-state index contributed by atoms with van der Waals surface area (Å²) < 4.78 is 46.1. The molecule has 6 nitrogen and oxygen atoms in total. The molecule has 25 heavy (non-hydrogen) atoms. The number of rotatable bonds is 6. The van der Waals surface area contributed by atoms with Gasteiger partial charge in [0.15, 0.2) is 5.82 Å². The first kappa shape index (κ1) is 18.8. The Labute approximate surface area is 142 Å². The summed E-state index contributed by atoms with van der Waals surface area (Å²) in [5.74, 6) is -0.963. The second-order valence-electron chi connectivity index (χ2n) is 5.52. The Morgan fingerprint density at radius 1 is 1.32 bits per heavy atom. The van der Waals surface area contributed by atoms with Crippen LogP contribution in [0.4, 0.5) is 13.2 Å². The molecule has 0 aliphatic rings. The Bertz CT molecular complexity index is 728. The molecule has 1 aromatic carbocycles. The molecule has 0 radical (unpaired) electrons. The summed E-state index contributed by atoms with van der Waals surface area (Å²) in [7, 11) is 2.82. The van der Waals surface area contributed by atoms with Crippen LogP contribution in [0.2, 0.25) is 0 Å². The highest BCUT2D eigenvalue weighted by atomic mass is 19.4. The van der Waals surface area contributed by atoms with Gasteiger partial charge in [-0.2, -0.15) is 13.2 Å². The summed E-state index contributed by atoms with van der Waals surface area (Å²) in [6, 6.07) is 6.69. The van der Waals surface area contributed by atoms with E-state index in [0.29, 0.717) is 11.3 Å². The Hall–Kier alpha value is -2.55. The fourth-order valence-electron chi connectivity index (χ4n) is 2.31. The van der Waals surface area contributed by atoms with E-state index in [2.05, 4.69) is 10.3 Å². The monoisotopic (exact) mass is 357 g/mol. The van der Waals surface area contributed by atoms with Crippen molar-refractivity contribution in [3.63, 3.8) is 0 Å². The average Bonchev–Trinajstić information content (AvgIpc) is 2.99. The van der Waals surface area contributed by atoms with Crippen molar-refractivity contribution in [2.75, 3.05) is 7.11 Å². The number of benzene rings is 1. The molecule has 1 aromatic heterocycles. The second-order valence-corrected chi connectivity index (χ2v) is 5.52. The van der Waals surface area contributed by atoms with Gasteiger partial charge in [0.25, 0.3) is 0 Å². The highest BCUT2D eigenvalue weighted by Crippen LogP contribution is 2.40. The molecule has 0 saturated heterocycles. The standard InChI is InChI=1S/C16H18F3N3O3/c1-22-8-7-20-14(22)15(24,16(17,18)19)9-13(23)21-10-11-3-5-12(25-2)6-4-11/h3-8,24H,9-10H2,1-2H3,(H,21,23). The number of aromatic nitrogens is 2. The van der Waals surface area contributed by atoms with E-state index < -0.39 is 29.9 Å². The van der Waals surface area contributed by atoms with Crippen LogP contribution in [0.25, 0.3) is 0 Å². The van der Waals surface area contributed by atoms with Crippen molar-refractivity contribution < 1.29 is 27.8 Å². The molecule has 1 unspecified atom stereocenters. The van der Waals surface area contributed by atoms with Gasteiger partial charge in [-0.3, -0.25) is 4.79 Å². The summed E-state index contributed by atoms with van der Waals surface area (Å²) >= 11 is 0. The first-order valence-corrected chi connectivity index (χ1v) is 7.34. The van der Waals surface area contributed by atoms with Crippen LogP contribution in [-0.4, -0.2) is 33.9 Å². The van der Waals surface area contributed by atoms with Gasteiger partial charge in [-0.15, -0.1) is 0 Å². The Kier molecular flexibility index (Phi) is 5.36. The van der Waals surface area contributed by atoms with Crippen molar-refractivity contribution in [1.82, 2.24) is 14.9 Å². The summed E-state index contributed by atoms with van der Waals surface area (Å²) in [6.07, 6.45) is -3.84. The fourth-order valence-corrected chi connectivity index (χ4v) is 2.31. The molecule has 1 atom stereocenters. The van der Waals surface area contributed by atoms with Crippen LogP contribution in [0.1, 0.15) is 17.8 Å². The van der Waals surface area contributed by atoms with Crippen LogP contribution in [0.3, 0.4) is 0 Å². The van der Waals surface area contributed by atoms with Gasteiger partial charge < -0.3 is 19.7 Å². The average molecular weight is 357 g/mol. The molecular weight excluding hydrogens is 339 g/mol. The minimum absolute atomic E-state index is 0.0251. The van der Waals surface area contributed by atoms with E-state index in [9.17, 15) is 23.1 Å². The molecule has 2 aromatic rings. The molecule has 0 fully saturated rings. The third-order valence-electron chi connectivity index (χ3n) is 3.73. The lowest BCUT2D eigenvalue weighted by molar-refractivity contribution is -0.271. The van der Waals surface area contributed by atoms with E-state index in [1.807, 2.05) is 0 Å². The maximum Gasteiger partial charge on any atom is 0.425 e. The first-order valence-electron chi connectivity index (χ1n) is 7.34. The number of methoxy groups -OCH3 is 1. The zero-order valence-corrected chi connectivity index (χ0v) is 13.7. The zero-order valence-electron chi connectivity index (χ0n) is 13.7. The maximum atomic E-state index is 13.4. The number of hydrogen-bond donors (Lipinski definition) is 2. The van der Waals surface area contributed by atoms with Gasteiger partial charge in [-0.1, -0.05) is 12.1 Å². The topological polar surface area (TPSA) is 76.4 Å². The number of carbonyl (C=O) groups is 1. The molecule has 0 aliphatic carbocycles.